The lowest BCUT2D eigenvalue weighted by molar-refractivity contribution is 0.0697. The summed E-state index contributed by atoms with van der Waals surface area (Å²) in [5, 5.41) is 9.57. The van der Waals surface area contributed by atoms with E-state index in [2.05, 4.69) is 4.98 Å². The first kappa shape index (κ1) is 18.5. The zero-order chi connectivity index (χ0) is 19.7. The molecule has 1 aromatic carbocycles. The van der Waals surface area contributed by atoms with Crippen molar-refractivity contribution < 1.29 is 14.6 Å². The maximum Gasteiger partial charge on any atom is 0.335 e. The highest BCUT2D eigenvalue weighted by atomic mass is 32.1. The molecule has 0 aliphatic heterocycles. The number of hydrogen-bond acceptors (Lipinski definition) is 5. The third-order valence-electron chi connectivity index (χ3n) is 4.99. The van der Waals surface area contributed by atoms with Crippen LogP contribution in [0.5, 0.6) is 5.75 Å². The summed E-state index contributed by atoms with van der Waals surface area (Å²) in [6, 6.07) is 6.12. The Morgan fingerprint density at radius 1 is 1.18 bits per heavy atom. The first-order valence-electron chi connectivity index (χ1n) is 9.28. The second-order valence-corrected chi connectivity index (χ2v) is 7.94. The number of carbonyl (C=O) groups is 1. The number of aryl methyl sites for hydroxylation is 2. The maximum absolute atomic E-state index is 12.9. The molecule has 0 fully saturated rings. The Labute approximate surface area is 164 Å². The van der Waals surface area contributed by atoms with Crippen LogP contribution < -0.4 is 16.0 Å². The number of ether oxygens (including phenoxy) is 1. The zero-order valence-electron chi connectivity index (χ0n) is 15.2. The van der Waals surface area contributed by atoms with Crippen LogP contribution in [0.15, 0.2) is 33.9 Å². The molecule has 28 heavy (non-hydrogen) atoms. The number of aromatic amines is 1. The number of hydrogen-bond donors (Lipinski definition) is 2. The van der Waals surface area contributed by atoms with Gasteiger partial charge in [-0.15, -0.1) is 11.3 Å². The topological polar surface area (TPSA) is 101 Å². The van der Waals surface area contributed by atoms with Crippen LogP contribution in [0.25, 0.3) is 10.2 Å². The van der Waals surface area contributed by atoms with Gasteiger partial charge in [-0.25, -0.2) is 9.59 Å². The molecule has 1 aliphatic rings. The van der Waals surface area contributed by atoms with Gasteiger partial charge in [0.05, 0.1) is 17.6 Å². The van der Waals surface area contributed by atoms with E-state index in [1.165, 1.54) is 32.9 Å². The molecule has 146 valence electrons. The van der Waals surface area contributed by atoms with Gasteiger partial charge in [-0.3, -0.25) is 14.3 Å². The fraction of sp³-hybridized carbons (Fsp3) is 0.350. The third-order valence-corrected chi connectivity index (χ3v) is 6.20. The van der Waals surface area contributed by atoms with Gasteiger partial charge >= 0.3 is 11.7 Å². The number of carboxylic acid groups (broad SMARTS) is 1. The zero-order valence-corrected chi connectivity index (χ0v) is 16.0. The van der Waals surface area contributed by atoms with Gasteiger partial charge in [0.1, 0.15) is 10.6 Å². The molecule has 4 rings (SSSR count). The van der Waals surface area contributed by atoms with E-state index in [-0.39, 0.29) is 23.4 Å². The Morgan fingerprint density at radius 2 is 1.93 bits per heavy atom. The number of nitrogens with one attached hydrogen (secondary N) is 1. The molecule has 7 nitrogen and oxygen atoms in total. The molecule has 0 unspecified atom stereocenters. The van der Waals surface area contributed by atoms with Crippen molar-refractivity contribution in [3.8, 4) is 5.75 Å². The normalized spacial score (nSPS) is 13.4. The Kier molecular flexibility index (Phi) is 5.04. The van der Waals surface area contributed by atoms with E-state index in [0.717, 1.165) is 31.2 Å². The molecule has 0 spiro atoms. The average Bonchev–Trinajstić information content (AvgIpc) is 3.05. The summed E-state index contributed by atoms with van der Waals surface area (Å²) in [5.74, 6) is -0.440. The third kappa shape index (κ3) is 3.47. The van der Waals surface area contributed by atoms with E-state index in [1.54, 1.807) is 12.1 Å². The van der Waals surface area contributed by atoms with Gasteiger partial charge in [-0.2, -0.15) is 0 Å². The lowest BCUT2D eigenvalue weighted by atomic mass is 9.97. The molecule has 0 atom stereocenters. The molecule has 0 saturated heterocycles. The summed E-state index contributed by atoms with van der Waals surface area (Å²) in [7, 11) is 0. The summed E-state index contributed by atoms with van der Waals surface area (Å²) in [6.07, 6.45) is 4.56. The predicted octanol–water partition coefficient (Wildman–Crippen LogP) is 2.80. The number of aromatic carboxylic acids is 1. The average molecular weight is 400 g/mol. The van der Waals surface area contributed by atoms with E-state index in [0.29, 0.717) is 29.0 Å². The lowest BCUT2D eigenvalue weighted by Crippen LogP contribution is -2.35. The highest BCUT2D eigenvalue weighted by molar-refractivity contribution is 7.18. The van der Waals surface area contributed by atoms with Crippen LogP contribution in [0.4, 0.5) is 0 Å². The van der Waals surface area contributed by atoms with Crippen molar-refractivity contribution >= 4 is 27.5 Å². The van der Waals surface area contributed by atoms with Crippen molar-refractivity contribution in [2.24, 2.45) is 0 Å². The highest BCUT2D eigenvalue weighted by Crippen LogP contribution is 2.32. The van der Waals surface area contributed by atoms with Crippen LogP contribution in [-0.4, -0.2) is 27.2 Å². The molecule has 3 aromatic rings. The smallest absolute Gasteiger partial charge is 0.335 e. The molecular formula is C20H20N2O5S. The second kappa shape index (κ2) is 7.63. The van der Waals surface area contributed by atoms with Gasteiger partial charge in [0, 0.05) is 11.4 Å². The number of thiophene rings is 1. The molecule has 0 radical (unpaired) electrons. The number of fused-ring (bicyclic) bond motifs is 3. The van der Waals surface area contributed by atoms with Crippen molar-refractivity contribution in [1.29, 1.82) is 0 Å². The van der Waals surface area contributed by atoms with E-state index >= 15 is 0 Å². The SMILES string of the molecule is O=C(O)c1ccc(OCCCn2c(=O)[nH]c3sc4c(c3c2=O)CCCC4)cc1. The van der Waals surface area contributed by atoms with Crippen LogP contribution in [0.3, 0.4) is 0 Å². The van der Waals surface area contributed by atoms with Gasteiger partial charge in [0.15, 0.2) is 0 Å². The number of aromatic nitrogens is 2. The number of benzene rings is 1. The van der Waals surface area contributed by atoms with Gasteiger partial charge in [0.25, 0.3) is 5.56 Å². The fourth-order valence-electron chi connectivity index (χ4n) is 3.58. The minimum atomic E-state index is -0.990. The van der Waals surface area contributed by atoms with E-state index in [1.807, 2.05) is 0 Å². The standard InChI is InChI=1S/C20H20N2O5S/c23-18-16-14-4-1-2-5-15(14)28-17(16)21-20(26)22(18)10-3-11-27-13-8-6-12(7-9-13)19(24)25/h6-9H,1-5,10-11H2,(H,21,26)(H,24,25). The predicted molar refractivity (Wildman–Crippen MR) is 107 cm³/mol. The first-order chi connectivity index (χ1) is 13.5. The van der Waals surface area contributed by atoms with Crippen molar-refractivity contribution in [2.45, 2.75) is 38.6 Å². The monoisotopic (exact) mass is 400 g/mol. The van der Waals surface area contributed by atoms with Crippen LogP contribution in [0, 0.1) is 0 Å². The van der Waals surface area contributed by atoms with E-state index in [4.69, 9.17) is 9.84 Å². The van der Waals surface area contributed by atoms with Crippen molar-refractivity contribution in [1.82, 2.24) is 9.55 Å². The van der Waals surface area contributed by atoms with E-state index < -0.39 is 5.97 Å². The number of carboxylic acids is 1. The number of nitrogens with zero attached hydrogens (tertiary/aromatic N) is 1. The molecule has 0 saturated carbocycles. The second-order valence-electron chi connectivity index (χ2n) is 6.83. The first-order valence-corrected chi connectivity index (χ1v) is 10.1. The molecule has 8 heteroatoms. The molecule has 0 bridgehead atoms. The van der Waals surface area contributed by atoms with Crippen LogP contribution in [0.1, 0.15) is 40.1 Å². The Hall–Kier alpha value is -2.87. The maximum atomic E-state index is 12.9. The molecular weight excluding hydrogens is 380 g/mol. The van der Waals surface area contributed by atoms with E-state index in [9.17, 15) is 14.4 Å². The van der Waals surface area contributed by atoms with Gasteiger partial charge in [-0.1, -0.05) is 0 Å². The van der Waals surface area contributed by atoms with Gasteiger partial charge in [-0.05, 0) is 61.9 Å². The Morgan fingerprint density at radius 3 is 2.68 bits per heavy atom. The van der Waals surface area contributed by atoms with Gasteiger partial charge < -0.3 is 9.84 Å². The number of H-pyrrole nitrogens is 1. The van der Waals surface area contributed by atoms with Crippen molar-refractivity contribution in [2.75, 3.05) is 6.61 Å². The minimum Gasteiger partial charge on any atom is -0.494 e. The van der Waals surface area contributed by atoms with Crippen LogP contribution >= 0.6 is 11.3 Å². The molecule has 0 amide bonds. The molecule has 2 aromatic heterocycles. The fourth-order valence-corrected chi connectivity index (χ4v) is 4.85. The van der Waals surface area contributed by atoms with Crippen molar-refractivity contribution in [3.05, 3.63) is 61.1 Å². The molecule has 1 aliphatic carbocycles. The highest BCUT2D eigenvalue weighted by Gasteiger charge is 2.20. The Balaban J connectivity index is 1.47. The summed E-state index contributed by atoms with van der Waals surface area (Å²) in [5.41, 5.74) is 0.694. The summed E-state index contributed by atoms with van der Waals surface area (Å²) in [4.78, 5) is 40.9. The summed E-state index contributed by atoms with van der Waals surface area (Å²) in [6.45, 7) is 0.583. The summed E-state index contributed by atoms with van der Waals surface area (Å²) >= 11 is 1.53. The largest absolute Gasteiger partial charge is 0.494 e. The lowest BCUT2D eigenvalue weighted by Gasteiger charge is -2.10. The minimum absolute atomic E-state index is 0.192. The number of rotatable bonds is 6. The Bertz CT molecular complexity index is 1140. The van der Waals surface area contributed by atoms with Crippen LogP contribution in [0.2, 0.25) is 0 Å². The quantitative estimate of drug-likeness (QED) is 0.620. The molecule has 2 N–H and O–H groups in total. The summed E-state index contributed by atoms with van der Waals surface area (Å²) < 4.78 is 6.84. The molecule has 2 heterocycles. The van der Waals surface area contributed by atoms with Crippen molar-refractivity contribution in [3.63, 3.8) is 0 Å². The van der Waals surface area contributed by atoms with Crippen LogP contribution in [-0.2, 0) is 19.4 Å². The van der Waals surface area contributed by atoms with Gasteiger partial charge in [0.2, 0.25) is 0 Å².